The molecule has 0 saturated heterocycles. The van der Waals surface area contributed by atoms with Crippen molar-refractivity contribution in [3.05, 3.63) is 42.5 Å². The largest absolute Gasteiger partial charge is 0.478 e. The summed E-state index contributed by atoms with van der Waals surface area (Å²) in [5.41, 5.74) is -1.11. The van der Waals surface area contributed by atoms with E-state index < -0.39 is 11.6 Å². The van der Waals surface area contributed by atoms with E-state index in [1.54, 1.807) is 0 Å². The highest BCUT2D eigenvalue weighted by molar-refractivity contribution is 5.77. The van der Waals surface area contributed by atoms with Crippen molar-refractivity contribution in [3.8, 4) is 5.75 Å². The molecule has 0 aliphatic heterocycles. The molecule has 0 fully saturated rings. The highest BCUT2D eigenvalue weighted by Crippen LogP contribution is 2.27. The predicted molar refractivity (Wildman–Crippen MR) is 123 cm³/mol. The van der Waals surface area contributed by atoms with E-state index in [2.05, 4.69) is 19.1 Å². The third kappa shape index (κ3) is 11.1. The molecular weight excluding hydrogens is 360 g/mol. The number of benzene rings is 1. The first-order valence-corrected chi connectivity index (χ1v) is 11.8. The third-order valence-corrected chi connectivity index (χ3v) is 5.61. The number of ether oxygens (including phenoxy) is 1. The molecule has 0 saturated carbocycles. The molecule has 0 aliphatic rings. The van der Waals surface area contributed by atoms with Gasteiger partial charge in [-0.1, -0.05) is 89.1 Å². The molecule has 0 spiro atoms. The normalized spacial score (nSPS) is 13.4. The lowest BCUT2D eigenvalue weighted by Gasteiger charge is -2.29. The SMILES string of the molecule is CCCCCCCC/C=C\CCCCCCC(CC)(Oc1ccccc1)C(=O)O. The summed E-state index contributed by atoms with van der Waals surface area (Å²) in [6.45, 7) is 4.15. The second-order valence-electron chi connectivity index (χ2n) is 8.05. The molecule has 3 heteroatoms. The summed E-state index contributed by atoms with van der Waals surface area (Å²) < 4.78 is 5.92. The van der Waals surface area contributed by atoms with Crippen LogP contribution < -0.4 is 4.74 Å². The van der Waals surface area contributed by atoms with E-state index in [4.69, 9.17) is 4.74 Å². The molecule has 3 nitrogen and oxygen atoms in total. The molecule has 1 unspecified atom stereocenters. The van der Waals surface area contributed by atoms with Crippen LogP contribution in [0.4, 0.5) is 0 Å². The highest BCUT2D eigenvalue weighted by atomic mass is 16.5. The zero-order chi connectivity index (χ0) is 21.2. The third-order valence-electron chi connectivity index (χ3n) is 5.61. The highest BCUT2D eigenvalue weighted by Gasteiger charge is 2.38. The number of unbranched alkanes of at least 4 members (excludes halogenated alkanes) is 10. The quantitative estimate of drug-likeness (QED) is 0.200. The van der Waals surface area contributed by atoms with Gasteiger partial charge in [-0.05, 0) is 57.1 Å². The molecule has 0 bridgehead atoms. The Morgan fingerprint density at radius 1 is 0.862 bits per heavy atom. The first kappa shape index (κ1) is 25.3. The van der Waals surface area contributed by atoms with Crippen molar-refractivity contribution < 1.29 is 14.6 Å². The number of hydrogen-bond donors (Lipinski definition) is 1. The molecule has 0 heterocycles. The molecule has 1 N–H and O–H groups in total. The predicted octanol–water partition coefficient (Wildman–Crippen LogP) is 7.95. The van der Waals surface area contributed by atoms with Crippen molar-refractivity contribution in [2.24, 2.45) is 0 Å². The Morgan fingerprint density at radius 2 is 1.41 bits per heavy atom. The van der Waals surface area contributed by atoms with Crippen LogP contribution >= 0.6 is 0 Å². The maximum Gasteiger partial charge on any atom is 0.348 e. The Labute approximate surface area is 178 Å². The van der Waals surface area contributed by atoms with Crippen molar-refractivity contribution >= 4 is 5.97 Å². The van der Waals surface area contributed by atoms with Crippen molar-refractivity contribution in [1.82, 2.24) is 0 Å². The number of rotatable bonds is 18. The maximum absolute atomic E-state index is 11.9. The van der Waals surface area contributed by atoms with Gasteiger partial charge in [0.05, 0.1) is 0 Å². The molecule has 1 rings (SSSR count). The van der Waals surface area contributed by atoms with Gasteiger partial charge in [-0.15, -0.1) is 0 Å². The Morgan fingerprint density at radius 3 is 1.97 bits per heavy atom. The molecule has 0 radical (unpaired) electrons. The standard InChI is InChI=1S/C26H42O3/c1-3-5-6-7-8-9-10-11-12-13-14-15-16-20-23-26(4-2,25(27)28)29-24-21-18-17-19-22-24/h11-12,17-19,21-22H,3-10,13-16,20,23H2,1-2H3,(H,27,28)/b12-11-. The minimum absolute atomic E-state index is 0.471. The van der Waals surface area contributed by atoms with E-state index in [1.807, 2.05) is 37.3 Å². The lowest BCUT2D eigenvalue weighted by atomic mass is 9.92. The van der Waals surface area contributed by atoms with E-state index in [0.29, 0.717) is 18.6 Å². The number of allylic oxidation sites excluding steroid dienone is 2. The molecule has 29 heavy (non-hydrogen) atoms. The molecule has 1 atom stereocenters. The van der Waals surface area contributed by atoms with Crippen LogP contribution in [0.1, 0.15) is 104 Å². The topological polar surface area (TPSA) is 46.5 Å². The summed E-state index contributed by atoms with van der Waals surface area (Å²) in [7, 11) is 0. The minimum atomic E-state index is -1.11. The van der Waals surface area contributed by atoms with Gasteiger partial charge in [0.1, 0.15) is 5.75 Å². The molecular formula is C26H42O3. The van der Waals surface area contributed by atoms with Gasteiger partial charge in [0.15, 0.2) is 0 Å². The first-order chi connectivity index (χ1) is 14.1. The van der Waals surface area contributed by atoms with Crippen molar-refractivity contribution in [2.45, 2.75) is 109 Å². The average molecular weight is 403 g/mol. The zero-order valence-corrected chi connectivity index (χ0v) is 18.7. The molecule has 0 aromatic heterocycles. The van der Waals surface area contributed by atoms with E-state index in [1.165, 1.54) is 51.4 Å². The van der Waals surface area contributed by atoms with Crippen LogP contribution in [0, 0.1) is 0 Å². The minimum Gasteiger partial charge on any atom is -0.478 e. The second kappa shape index (κ2) is 16.1. The fourth-order valence-electron chi connectivity index (χ4n) is 3.62. The summed E-state index contributed by atoms with van der Waals surface area (Å²) in [4.78, 5) is 11.9. The van der Waals surface area contributed by atoms with E-state index in [9.17, 15) is 9.90 Å². The summed E-state index contributed by atoms with van der Waals surface area (Å²) in [6, 6.07) is 9.30. The fraction of sp³-hybridized carbons (Fsp3) is 0.654. The Kier molecular flexibility index (Phi) is 14.0. The Bertz CT molecular complexity index is 552. The number of aliphatic carboxylic acids is 1. The number of carboxylic acids is 1. The lowest BCUT2D eigenvalue weighted by molar-refractivity contribution is -0.156. The van der Waals surface area contributed by atoms with Gasteiger partial charge in [0.25, 0.3) is 0 Å². The second-order valence-corrected chi connectivity index (χ2v) is 8.05. The van der Waals surface area contributed by atoms with Crippen LogP contribution in [0.2, 0.25) is 0 Å². The fourth-order valence-corrected chi connectivity index (χ4v) is 3.62. The molecule has 0 amide bonds. The Hall–Kier alpha value is -1.77. The maximum atomic E-state index is 11.9. The summed E-state index contributed by atoms with van der Waals surface area (Å²) in [6.07, 6.45) is 20.4. The number of carboxylic acid groups (broad SMARTS) is 1. The van der Waals surface area contributed by atoms with Crippen molar-refractivity contribution in [1.29, 1.82) is 0 Å². The Balaban J connectivity index is 2.16. The van der Waals surface area contributed by atoms with E-state index >= 15 is 0 Å². The van der Waals surface area contributed by atoms with Crippen LogP contribution in [0.5, 0.6) is 5.75 Å². The average Bonchev–Trinajstić information content (AvgIpc) is 2.73. The van der Waals surface area contributed by atoms with Gasteiger partial charge in [0, 0.05) is 0 Å². The van der Waals surface area contributed by atoms with Crippen LogP contribution in [0.3, 0.4) is 0 Å². The van der Waals surface area contributed by atoms with Crippen LogP contribution in [0.15, 0.2) is 42.5 Å². The molecule has 0 aliphatic carbocycles. The van der Waals surface area contributed by atoms with Crippen LogP contribution in [0.25, 0.3) is 0 Å². The molecule has 1 aromatic carbocycles. The van der Waals surface area contributed by atoms with Gasteiger partial charge >= 0.3 is 5.97 Å². The zero-order valence-electron chi connectivity index (χ0n) is 18.7. The summed E-state index contributed by atoms with van der Waals surface area (Å²) in [5, 5.41) is 9.75. The van der Waals surface area contributed by atoms with Gasteiger partial charge in [0.2, 0.25) is 5.60 Å². The first-order valence-electron chi connectivity index (χ1n) is 11.8. The van der Waals surface area contributed by atoms with Crippen LogP contribution in [-0.2, 0) is 4.79 Å². The number of carbonyl (C=O) groups is 1. The molecule has 164 valence electrons. The monoisotopic (exact) mass is 402 g/mol. The van der Waals surface area contributed by atoms with Crippen molar-refractivity contribution in [2.75, 3.05) is 0 Å². The lowest BCUT2D eigenvalue weighted by Crippen LogP contribution is -2.44. The van der Waals surface area contributed by atoms with Crippen LogP contribution in [-0.4, -0.2) is 16.7 Å². The van der Waals surface area contributed by atoms with Crippen molar-refractivity contribution in [3.63, 3.8) is 0 Å². The smallest absolute Gasteiger partial charge is 0.348 e. The molecule has 1 aromatic rings. The van der Waals surface area contributed by atoms with Gasteiger partial charge < -0.3 is 9.84 Å². The number of para-hydroxylation sites is 1. The van der Waals surface area contributed by atoms with E-state index in [0.717, 1.165) is 25.7 Å². The van der Waals surface area contributed by atoms with E-state index in [-0.39, 0.29) is 0 Å². The van der Waals surface area contributed by atoms with Gasteiger partial charge in [-0.3, -0.25) is 0 Å². The number of hydrogen-bond acceptors (Lipinski definition) is 2. The van der Waals surface area contributed by atoms with Gasteiger partial charge in [-0.25, -0.2) is 4.79 Å². The van der Waals surface area contributed by atoms with Gasteiger partial charge in [-0.2, -0.15) is 0 Å². The summed E-state index contributed by atoms with van der Waals surface area (Å²) in [5.74, 6) is -0.228. The summed E-state index contributed by atoms with van der Waals surface area (Å²) >= 11 is 0.